The van der Waals surface area contributed by atoms with Crippen molar-refractivity contribution in [3.63, 3.8) is 0 Å². The van der Waals surface area contributed by atoms with Gasteiger partial charge in [-0.05, 0) is 25.1 Å². The molecule has 0 saturated heterocycles. The molecule has 0 bridgehead atoms. The number of fused-ring (bicyclic) bond motifs is 1. The van der Waals surface area contributed by atoms with E-state index in [1.54, 1.807) is 0 Å². The van der Waals surface area contributed by atoms with Crippen LogP contribution in [0.15, 0.2) is 54.7 Å². The number of halogens is 1. The van der Waals surface area contributed by atoms with Gasteiger partial charge in [0.05, 0.1) is 10.5 Å². The Labute approximate surface area is 123 Å². The summed E-state index contributed by atoms with van der Waals surface area (Å²) in [4.78, 5) is 0. The molecule has 0 atom stereocenters. The van der Waals surface area contributed by atoms with Crippen LogP contribution < -0.4 is 4.74 Å². The molecule has 102 valence electrons. The van der Waals surface area contributed by atoms with Crippen molar-refractivity contribution >= 4 is 22.5 Å². The van der Waals surface area contributed by atoms with Crippen molar-refractivity contribution in [3.8, 4) is 5.75 Å². The fourth-order valence-electron chi connectivity index (χ4n) is 2.43. The summed E-state index contributed by atoms with van der Waals surface area (Å²) in [5, 5.41) is 1.95. The van der Waals surface area contributed by atoms with Gasteiger partial charge in [-0.15, -0.1) is 0 Å². The Morgan fingerprint density at radius 1 is 1.05 bits per heavy atom. The zero-order chi connectivity index (χ0) is 13.9. The molecule has 0 unspecified atom stereocenters. The van der Waals surface area contributed by atoms with Gasteiger partial charge in [0.2, 0.25) is 0 Å². The molecule has 1 aromatic heterocycles. The van der Waals surface area contributed by atoms with Gasteiger partial charge in [-0.1, -0.05) is 41.9 Å². The number of para-hydroxylation sites is 2. The summed E-state index contributed by atoms with van der Waals surface area (Å²) < 4.78 is 8.01. The van der Waals surface area contributed by atoms with Gasteiger partial charge in [-0.3, -0.25) is 0 Å². The highest BCUT2D eigenvalue weighted by atomic mass is 35.5. The summed E-state index contributed by atoms with van der Waals surface area (Å²) in [6, 6.07) is 15.9. The van der Waals surface area contributed by atoms with E-state index in [9.17, 15) is 0 Å². The molecular weight excluding hydrogens is 270 g/mol. The largest absolute Gasteiger partial charge is 0.489 e. The maximum Gasteiger partial charge on any atom is 0.119 e. The summed E-state index contributed by atoms with van der Waals surface area (Å²) in [7, 11) is 0. The highest BCUT2D eigenvalue weighted by molar-refractivity contribution is 6.35. The first-order valence-electron chi connectivity index (χ1n) is 6.73. The second-order valence-corrected chi connectivity index (χ2v) is 5.09. The van der Waals surface area contributed by atoms with Crippen LogP contribution in [0.2, 0.25) is 5.02 Å². The molecule has 3 heteroatoms. The third-order valence-electron chi connectivity index (χ3n) is 3.41. The van der Waals surface area contributed by atoms with Gasteiger partial charge in [0, 0.05) is 23.7 Å². The first-order chi connectivity index (χ1) is 9.79. The Kier molecular flexibility index (Phi) is 3.66. The molecule has 0 N–H and O–H groups in total. The molecule has 20 heavy (non-hydrogen) atoms. The minimum Gasteiger partial charge on any atom is -0.489 e. The smallest absolute Gasteiger partial charge is 0.119 e. The number of benzene rings is 2. The standard InChI is InChI=1S/C17H16ClNO/c1-2-19-11-13(12-20-14-7-4-3-5-8-14)15-9-6-10-16(18)17(15)19/h3-11H,2,12H2,1H3. The van der Waals surface area contributed by atoms with Crippen molar-refractivity contribution in [3.05, 3.63) is 65.3 Å². The van der Waals surface area contributed by atoms with Crippen molar-refractivity contribution in [1.29, 1.82) is 0 Å². The van der Waals surface area contributed by atoms with Crippen molar-refractivity contribution in [2.75, 3.05) is 0 Å². The van der Waals surface area contributed by atoms with Crippen LogP contribution in [0.3, 0.4) is 0 Å². The van der Waals surface area contributed by atoms with E-state index in [4.69, 9.17) is 16.3 Å². The van der Waals surface area contributed by atoms with Crippen LogP contribution in [0.5, 0.6) is 5.75 Å². The van der Waals surface area contributed by atoms with Gasteiger partial charge in [-0.2, -0.15) is 0 Å². The zero-order valence-electron chi connectivity index (χ0n) is 11.3. The summed E-state index contributed by atoms with van der Waals surface area (Å²) >= 11 is 6.31. The first kappa shape index (κ1) is 13.1. The van der Waals surface area contributed by atoms with E-state index >= 15 is 0 Å². The Balaban J connectivity index is 1.94. The summed E-state index contributed by atoms with van der Waals surface area (Å²) in [5.41, 5.74) is 2.25. The van der Waals surface area contributed by atoms with Crippen LogP contribution in [0.4, 0.5) is 0 Å². The maximum atomic E-state index is 6.31. The van der Waals surface area contributed by atoms with E-state index in [1.165, 1.54) is 0 Å². The number of hydrogen-bond donors (Lipinski definition) is 0. The molecule has 3 aromatic rings. The van der Waals surface area contributed by atoms with Gasteiger partial charge in [0.25, 0.3) is 0 Å². The van der Waals surface area contributed by atoms with Crippen LogP contribution in [-0.4, -0.2) is 4.57 Å². The van der Waals surface area contributed by atoms with E-state index in [0.29, 0.717) is 6.61 Å². The lowest BCUT2D eigenvalue weighted by Gasteiger charge is -2.04. The third-order valence-corrected chi connectivity index (χ3v) is 3.71. The van der Waals surface area contributed by atoms with Crippen molar-refractivity contribution in [2.24, 2.45) is 0 Å². The molecule has 2 nitrogen and oxygen atoms in total. The normalized spacial score (nSPS) is 10.9. The topological polar surface area (TPSA) is 14.2 Å². The van der Waals surface area contributed by atoms with Crippen LogP contribution in [-0.2, 0) is 13.2 Å². The predicted octanol–water partition coefficient (Wildman–Crippen LogP) is 4.89. The lowest BCUT2D eigenvalue weighted by molar-refractivity contribution is 0.307. The Morgan fingerprint density at radius 3 is 2.60 bits per heavy atom. The van der Waals surface area contributed by atoms with Gasteiger partial charge in [0.15, 0.2) is 0 Å². The number of rotatable bonds is 4. The van der Waals surface area contributed by atoms with E-state index in [0.717, 1.165) is 33.8 Å². The minimum absolute atomic E-state index is 0.549. The van der Waals surface area contributed by atoms with Crippen LogP contribution in [0.25, 0.3) is 10.9 Å². The van der Waals surface area contributed by atoms with Crippen LogP contribution in [0, 0.1) is 0 Å². The van der Waals surface area contributed by atoms with Gasteiger partial charge in [-0.25, -0.2) is 0 Å². The molecule has 0 amide bonds. The van der Waals surface area contributed by atoms with Crippen molar-refractivity contribution in [2.45, 2.75) is 20.1 Å². The van der Waals surface area contributed by atoms with Crippen molar-refractivity contribution in [1.82, 2.24) is 4.57 Å². The molecule has 0 radical (unpaired) electrons. The summed E-state index contributed by atoms with van der Waals surface area (Å²) in [6.07, 6.45) is 2.12. The second-order valence-electron chi connectivity index (χ2n) is 4.68. The van der Waals surface area contributed by atoms with E-state index in [2.05, 4.69) is 23.8 Å². The Hall–Kier alpha value is -1.93. The average Bonchev–Trinajstić information content (AvgIpc) is 2.86. The lowest BCUT2D eigenvalue weighted by Crippen LogP contribution is -1.94. The zero-order valence-corrected chi connectivity index (χ0v) is 12.1. The highest BCUT2D eigenvalue weighted by Crippen LogP contribution is 2.28. The molecule has 3 rings (SSSR count). The SMILES string of the molecule is CCn1cc(COc2ccccc2)c2cccc(Cl)c21. The fourth-order valence-corrected chi connectivity index (χ4v) is 2.71. The Morgan fingerprint density at radius 2 is 1.85 bits per heavy atom. The number of ether oxygens (including phenoxy) is 1. The van der Waals surface area contributed by atoms with Gasteiger partial charge >= 0.3 is 0 Å². The van der Waals surface area contributed by atoms with E-state index in [1.807, 2.05) is 42.5 Å². The number of aryl methyl sites for hydroxylation is 1. The molecular formula is C17H16ClNO. The first-order valence-corrected chi connectivity index (χ1v) is 7.11. The monoisotopic (exact) mass is 285 g/mol. The molecule has 0 aliphatic rings. The van der Waals surface area contributed by atoms with Gasteiger partial charge < -0.3 is 9.30 Å². The van der Waals surface area contributed by atoms with Gasteiger partial charge in [0.1, 0.15) is 12.4 Å². The van der Waals surface area contributed by atoms with Crippen LogP contribution >= 0.6 is 11.6 Å². The molecule has 0 aliphatic carbocycles. The number of nitrogens with zero attached hydrogens (tertiary/aromatic N) is 1. The molecule has 0 aliphatic heterocycles. The summed E-state index contributed by atoms with van der Waals surface area (Å²) in [5.74, 6) is 0.881. The minimum atomic E-state index is 0.549. The summed E-state index contributed by atoms with van der Waals surface area (Å²) in [6.45, 7) is 3.56. The average molecular weight is 286 g/mol. The third kappa shape index (κ3) is 2.39. The van der Waals surface area contributed by atoms with Crippen LogP contribution in [0.1, 0.15) is 12.5 Å². The molecule has 0 spiro atoms. The predicted molar refractivity (Wildman–Crippen MR) is 83.4 cm³/mol. The highest BCUT2D eigenvalue weighted by Gasteiger charge is 2.10. The van der Waals surface area contributed by atoms with E-state index in [-0.39, 0.29) is 0 Å². The molecule has 0 saturated carbocycles. The molecule has 1 heterocycles. The quantitative estimate of drug-likeness (QED) is 0.665. The fraction of sp³-hybridized carbons (Fsp3) is 0.176. The molecule has 0 fully saturated rings. The van der Waals surface area contributed by atoms with Crippen molar-refractivity contribution < 1.29 is 4.74 Å². The number of hydrogen-bond acceptors (Lipinski definition) is 1. The lowest BCUT2D eigenvalue weighted by atomic mass is 10.2. The Bertz CT molecular complexity index is 718. The maximum absolute atomic E-state index is 6.31. The number of aromatic nitrogens is 1. The molecule has 2 aromatic carbocycles. The van der Waals surface area contributed by atoms with E-state index < -0.39 is 0 Å². The second kappa shape index (κ2) is 5.59.